The standard InChI is InChI=1S/C74H113IN12O13/c1-17-47(6)63-72(98)81(11)48(7)66(92)87-36-33-57(87)70(96)84(14)59(42-49-25-20-18-21-26-49)69(95)80(10)44-61(88)76-54(41-51-27-24-28-52(75)39-51)64(90)77-56(40-50-29-31-53(100-16)32-30-50)68(94)85(15)74(8,9)73(99)78-55(37-45(2)3)67(93)83(13)60(71(97)86-34-22-19-23-35-86)43-62(89)82(12)58(38-46(4)5)65(91)79-63/h24,27-32,39,45-49,54-60,63H,17-23,25-26,33-38,40-44H2,1-16H3,(H,76,88)(H,77,90)(H,78,99)(H,79,91)/t47-,48-,54-,55-,56-,57-,58-,59-,60-,63-/m0/s1. The molecule has 1 aliphatic carbocycles. The minimum atomic E-state index is -1.75. The van der Waals surface area contributed by atoms with Crippen molar-refractivity contribution in [2.45, 2.75) is 225 Å². The minimum Gasteiger partial charge on any atom is -0.497 e. The lowest BCUT2D eigenvalue weighted by atomic mass is 9.84. The predicted molar refractivity (Wildman–Crippen MR) is 388 cm³/mol. The first-order valence-electron chi connectivity index (χ1n) is 35.9. The van der Waals surface area contributed by atoms with Crippen LogP contribution in [0.5, 0.6) is 5.75 Å². The number of methoxy groups -OCH3 is 1. The van der Waals surface area contributed by atoms with Crippen LogP contribution < -0.4 is 26.0 Å². The zero-order valence-electron chi connectivity index (χ0n) is 62.0. The lowest BCUT2D eigenvalue weighted by Gasteiger charge is -2.45. The molecule has 1 saturated carbocycles. The van der Waals surface area contributed by atoms with Crippen LogP contribution in [0.15, 0.2) is 48.5 Å². The highest BCUT2D eigenvalue weighted by Crippen LogP contribution is 2.32. The zero-order chi connectivity index (χ0) is 74.2. The summed E-state index contributed by atoms with van der Waals surface area (Å²) < 4.78 is 6.27. The average molecular weight is 1510 g/mol. The predicted octanol–water partition coefficient (Wildman–Crippen LogP) is 5.17. The number of nitrogens with zero attached hydrogens (tertiary/aromatic N) is 8. The number of halogens is 1. The van der Waals surface area contributed by atoms with E-state index in [-0.39, 0.29) is 62.8 Å². The van der Waals surface area contributed by atoms with E-state index in [4.69, 9.17) is 4.74 Å². The van der Waals surface area contributed by atoms with Gasteiger partial charge in [-0.3, -0.25) is 57.5 Å². The van der Waals surface area contributed by atoms with Crippen LogP contribution in [-0.2, 0) is 70.4 Å². The van der Waals surface area contributed by atoms with Gasteiger partial charge in [0.05, 0.1) is 20.1 Å². The quantitative estimate of drug-likeness (QED) is 0.178. The number of rotatable bonds is 14. The summed E-state index contributed by atoms with van der Waals surface area (Å²) in [7, 11) is 10.2. The first kappa shape index (κ1) is 81.6. The third-order valence-corrected chi connectivity index (χ3v) is 21.7. The summed E-state index contributed by atoms with van der Waals surface area (Å²) in [5, 5.41) is 11.6. The van der Waals surface area contributed by atoms with E-state index in [2.05, 4.69) is 43.9 Å². The van der Waals surface area contributed by atoms with E-state index in [0.29, 0.717) is 49.2 Å². The van der Waals surface area contributed by atoms with Crippen LogP contribution in [-0.4, -0.2) is 246 Å². The number of benzene rings is 2. The van der Waals surface area contributed by atoms with Crippen molar-refractivity contribution >= 4 is 93.5 Å². The Morgan fingerprint density at radius 2 is 1.23 bits per heavy atom. The number of hydrogen-bond donors (Lipinski definition) is 4. The minimum absolute atomic E-state index is 0.0529. The van der Waals surface area contributed by atoms with Gasteiger partial charge in [-0.15, -0.1) is 0 Å². The largest absolute Gasteiger partial charge is 0.497 e. The maximum Gasteiger partial charge on any atom is 0.246 e. The molecule has 100 heavy (non-hydrogen) atoms. The van der Waals surface area contributed by atoms with Crippen molar-refractivity contribution in [1.29, 1.82) is 0 Å². The summed E-state index contributed by atoms with van der Waals surface area (Å²) in [4.78, 5) is 190. The molecule has 3 saturated heterocycles. The molecule has 0 unspecified atom stereocenters. The Morgan fingerprint density at radius 1 is 0.610 bits per heavy atom. The van der Waals surface area contributed by atoms with Crippen LogP contribution in [0.25, 0.3) is 0 Å². The van der Waals surface area contributed by atoms with Crippen molar-refractivity contribution in [3.05, 3.63) is 63.2 Å². The molecule has 554 valence electrons. The van der Waals surface area contributed by atoms with Crippen LogP contribution in [0.2, 0.25) is 0 Å². The number of fused-ring (bicyclic) bond motifs is 1. The van der Waals surface area contributed by atoms with Gasteiger partial charge in [0.1, 0.15) is 65.7 Å². The van der Waals surface area contributed by atoms with E-state index >= 15 is 28.8 Å². The van der Waals surface area contributed by atoms with E-state index in [9.17, 15) is 28.8 Å². The summed E-state index contributed by atoms with van der Waals surface area (Å²) in [6, 6.07) is 3.20. The average Bonchev–Trinajstić information content (AvgIpc) is 0.456. The van der Waals surface area contributed by atoms with E-state index in [0.717, 1.165) is 42.1 Å². The summed E-state index contributed by atoms with van der Waals surface area (Å²) in [6.45, 7) is 16.1. The second-order valence-corrected chi connectivity index (χ2v) is 30.9. The molecule has 3 aliphatic heterocycles. The number of carbonyl (C=O) groups excluding carboxylic acids is 12. The molecule has 0 aromatic heterocycles. The normalized spacial score (nSPS) is 26.2. The van der Waals surface area contributed by atoms with Gasteiger partial charge in [0.15, 0.2) is 0 Å². The molecule has 6 rings (SSSR count). The zero-order valence-corrected chi connectivity index (χ0v) is 64.2. The molecule has 3 heterocycles. The van der Waals surface area contributed by atoms with Crippen molar-refractivity contribution < 1.29 is 62.3 Å². The fourth-order valence-electron chi connectivity index (χ4n) is 13.7. The van der Waals surface area contributed by atoms with Gasteiger partial charge in [0.2, 0.25) is 70.9 Å². The van der Waals surface area contributed by atoms with Crippen molar-refractivity contribution in [2.24, 2.45) is 23.7 Å². The Bertz CT molecular complexity index is 3230. The number of hydrogen-bond acceptors (Lipinski definition) is 13. The van der Waals surface area contributed by atoms with Gasteiger partial charge in [-0.2, -0.15) is 0 Å². The molecular formula is C74H113IN12O13. The van der Waals surface area contributed by atoms with Gasteiger partial charge >= 0.3 is 0 Å². The Balaban J connectivity index is 1.46. The van der Waals surface area contributed by atoms with Gasteiger partial charge in [-0.25, -0.2) is 0 Å². The fourth-order valence-corrected chi connectivity index (χ4v) is 14.4. The Morgan fingerprint density at radius 3 is 1.81 bits per heavy atom. The van der Waals surface area contributed by atoms with E-state index < -0.39 is 150 Å². The van der Waals surface area contributed by atoms with Gasteiger partial charge in [-0.1, -0.05) is 104 Å². The number of ether oxygens (including phenoxy) is 1. The maximum atomic E-state index is 15.4. The van der Waals surface area contributed by atoms with E-state index in [1.807, 2.05) is 52.8 Å². The molecule has 4 aliphatic rings. The maximum absolute atomic E-state index is 15.4. The number of piperidine rings is 1. The van der Waals surface area contributed by atoms with Crippen LogP contribution in [0.3, 0.4) is 0 Å². The van der Waals surface area contributed by atoms with Crippen LogP contribution >= 0.6 is 22.6 Å². The van der Waals surface area contributed by atoms with Crippen LogP contribution in [0, 0.1) is 27.2 Å². The van der Waals surface area contributed by atoms with Crippen molar-refractivity contribution in [1.82, 2.24) is 60.5 Å². The first-order valence-corrected chi connectivity index (χ1v) is 37.0. The summed E-state index contributed by atoms with van der Waals surface area (Å²) in [6.07, 6.45) is 7.29. The highest BCUT2D eigenvalue weighted by atomic mass is 127. The molecule has 12 amide bonds. The summed E-state index contributed by atoms with van der Waals surface area (Å²) in [5.74, 6) is -7.85. The Labute approximate surface area is 606 Å². The molecule has 26 heteroatoms. The molecule has 10 atom stereocenters. The van der Waals surface area contributed by atoms with Crippen molar-refractivity contribution in [2.75, 3.05) is 75.6 Å². The second-order valence-electron chi connectivity index (χ2n) is 29.6. The lowest BCUT2D eigenvalue weighted by molar-refractivity contribution is -0.160. The summed E-state index contributed by atoms with van der Waals surface area (Å²) in [5.41, 5.74) is -0.486. The molecule has 0 radical (unpaired) electrons. The molecule has 2 aromatic carbocycles. The lowest BCUT2D eigenvalue weighted by Crippen LogP contribution is -2.65. The Kier molecular flexibility index (Phi) is 30.2. The highest BCUT2D eigenvalue weighted by Gasteiger charge is 2.47. The molecule has 0 bridgehead atoms. The van der Waals surface area contributed by atoms with Gasteiger partial charge in [-0.05, 0) is 147 Å². The third-order valence-electron chi connectivity index (χ3n) is 21.0. The number of likely N-dealkylation sites (tertiary alicyclic amines) is 1. The Hall–Kier alpha value is -7.39. The van der Waals surface area contributed by atoms with E-state index in [1.165, 1.54) is 97.5 Å². The van der Waals surface area contributed by atoms with Gasteiger partial charge in [0, 0.05) is 78.3 Å². The van der Waals surface area contributed by atoms with Gasteiger partial charge in [0.25, 0.3) is 0 Å². The number of amides is 12. The van der Waals surface area contributed by atoms with E-state index in [1.54, 1.807) is 49.1 Å². The SMILES string of the molecule is CC[C@H](C)[C@@H]1NC(=O)[C@H](CC(C)C)N(C)C(=O)C[C@@H](C(=O)N2CCCCC2)N(C)C(=O)[C@H](CC(C)C)NC(=O)C(C)(C)N(C)C(=O)[C@H](Cc2ccc(OC)cc2)NC(=O)[C@H](Cc2cccc(I)c2)NC(=O)CN(C)C(=O)[C@H](CC2CCCCC2)N(C)C(=O)[C@@H]2CCN2C(=O)[C@H](C)N(C)C1=O. The van der Waals surface area contributed by atoms with Crippen LogP contribution in [0.1, 0.15) is 163 Å². The summed E-state index contributed by atoms with van der Waals surface area (Å²) >= 11 is 2.14. The van der Waals surface area contributed by atoms with Gasteiger partial charge < -0.3 is 65.2 Å². The molecule has 0 spiro atoms. The van der Waals surface area contributed by atoms with Crippen molar-refractivity contribution in [3.63, 3.8) is 0 Å². The fraction of sp³-hybridized carbons (Fsp3) is 0.676. The van der Waals surface area contributed by atoms with Crippen LogP contribution in [0.4, 0.5) is 0 Å². The highest BCUT2D eigenvalue weighted by molar-refractivity contribution is 14.1. The van der Waals surface area contributed by atoms with Crippen molar-refractivity contribution in [3.8, 4) is 5.75 Å². The third kappa shape index (κ3) is 21.1. The monoisotopic (exact) mass is 1500 g/mol. The topological polar surface area (TPSA) is 288 Å². The molecule has 4 fully saturated rings. The second kappa shape index (κ2) is 37.0. The molecular weight excluding hydrogens is 1390 g/mol. The smallest absolute Gasteiger partial charge is 0.246 e. The first-order chi connectivity index (χ1) is 47.1. The number of carbonyl (C=O) groups is 12. The molecule has 2 aromatic rings. The molecule has 4 N–H and O–H groups in total. The molecule has 25 nitrogen and oxygen atoms in total. The number of likely N-dealkylation sites (N-methyl/N-ethyl adjacent to an activating group) is 6. The number of nitrogens with one attached hydrogen (secondary N) is 4.